The molecule has 0 radical (unpaired) electrons. The van der Waals surface area contributed by atoms with Gasteiger partial charge in [0.1, 0.15) is 0 Å². The van der Waals surface area contributed by atoms with Gasteiger partial charge in [-0.25, -0.2) is 4.57 Å². The minimum absolute atomic E-state index is 0.0731. The number of hydrogen-bond acceptors (Lipinski definition) is 3. The lowest BCUT2D eigenvalue weighted by Crippen LogP contribution is -2.29. The number of carbonyl (C=O) groups is 1. The van der Waals surface area contributed by atoms with Crippen LogP contribution in [0.4, 0.5) is 5.82 Å². The summed E-state index contributed by atoms with van der Waals surface area (Å²) < 4.78 is 1.32. The molecule has 0 aliphatic heterocycles. The van der Waals surface area contributed by atoms with Crippen LogP contribution in [0.3, 0.4) is 0 Å². The molecule has 1 amide bonds. The Morgan fingerprint density at radius 2 is 2.11 bits per heavy atom. The van der Waals surface area contributed by atoms with E-state index in [1.54, 1.807) is 11.9 Å². The predicted molar refractivity (Wildman–Crippen MR) is 76.7 cm³/mol. The topological polar surface area (TPSA) is 68.4 Å². The molecular weight excluding hydrogens is 314 g/mol. The maximum absolute atomic E-state index is 12.1. The Balaban J connectivity index is 2.64. The molecule has 0 fully saturated rings. The molecule has 1 aromatic rings. The molecule has 0 aromatic carbocycles. The van der Waals surface area contributed by atoms with E-state index in [4.69, 9.17) is 0 Å². The van der Waals surface area contributed by atoms with E-state index in [2.05, 4.69) is 15.9 Å². The average Bonchev–Trinajstić information content (AvgIpc) is 2.75. The zero-order valence-electron chi connectivity index (χ0n) is 11.1. The van der Waals surface area contributed by atoms with Crippen molar-refractivity contribution in [2.75, 3.05) is 18.9 Å². The summed E-state index contributed by atoms with van der Waals surface area (Å²) in [7, 11) is 3.25. The van der Waals surface area contributed by atoms with Crippen molar-refractivity contribution in [1.29, 1.82) is 0 Å². The van der Waals surface area contributed by atoms with E-state index in [9.17, 15) is 14.9 Å². The van der Waals surface area contributed by atoms with Crippen molar-refractivity contribution in [3.63, 3.8) is 0 Å². The van der Waals surface area contributed by atoms with E-state index >= 15 is 0 Å². The zero-order valence-corrected chi connectivity index (χ0v) is 12.7. The molecule has 106 valence electrons. The first-order chi connectivity index (χ1) is 8.99. The number of alkyl halides is 1. The second kappa shape index (κ2) is 7.28. The molecule has 1 rings (SSSR count). The molecule has 1 heterocycles. The number of rotatable bonds is 7. The molecule has 0 N–H and O–H groups in total. The number of aromatic nitrogens is 1. The number of unbranched alkanes of at least 4 members (excludes halogenated alkanes) is 2. The van der Waals surface area contributed by atoms with Crippen molar-refractivity contribution in [3.8, 4) is 0 Å². The summed E-state index contributed by atoms with van der Waals surface area (Å²) in [5, 5.41) is 11.7. The number of hydrogen-bond donors (Lipinski definition) is 0. The first kappa shape index (κ1) is 15.7. The number of halogens is 1. The highest BCUT2D eigenvalue weighted by molar-refractivity contribution is 9.09. The van der Waals surface area contributed by atoms with Gasteiger partial charge in [-0.3, -0.25) is 4.79 Å². The fourth-order valence-corrected chi connectivity index (χ4v) is 2.21. The summed E-state index contributed by atoms with van der Waals surface area (Å²) in [6, 6.07) is 2.85. The van der Waals surface area contributed by atoms with Crippen LogP contribution in [0.1, 0.15) is 29.8 Å². The SMILES string of the molecule is CN(CCCCCBr)C(=O)c1ccc([N+](=O)[O-])n1C. The van der Waals surface area contributed by atoms with Crippen molar-refractivity contribution in [3.05, 3.63) is 27.9 Å². The van der Waals surface area contributed by atoms with E-state index in [0.29, 0.717) is 12.2 Å². The van der Waals surface area contributed by atoms with Crippen LogP contribution in [0.2, 0.25) is 0 Å². The molecule has 0 atom stereocenters. The summed E-state index contributed by atoms with van der Waals surface area (Å²) in [6.07, 6.45) is 3.06. The van der Waals surface area contributed by atoms with Crippen molar-refractivity contribution < 1.29 is 9.72 Å². The van der Waals surface area contributed by atoms with Crippen LogP contribution < -0.4 is 0 Å². The van der Waals surface area contributed by atoms with Crippen molar-refractivity contribution >= 4 is 27.7 Å². The lowest BCUT2D eigenvalue weighted by molar-refractivity contribution is -0.391. The number of nitro groups is 1. The Labute approximate surface area is 120 Å². The summed E-state index contributed by atoms with van der Waals surface area (Å²) in [5.41, 5.74) is 0.342. The molecule has 0 saturated carbocycles. The van der Waals surface area contributed by atoms with Gasteiger partial charge in [0.15, 0.2) is 5.69 Å². The Morgan fingerprint density at radius 1 is 1.42 bits per heavy atom. The Hall–Kier alpha value is -1.37. The summed E-state index contributed by atoms with van der Waals surface area (Å²) in [5.74, 6) is -0.259. The van der Waals surface area contributed by atoms with E-state index in [1.807, 2.05) is 0 Å². The second-order valence-electron chi connectivity index (χ2n) is 4.37. The zero-order chi connectivity index (χ0) is 14.4. The Morgan fingerprint density at radius 3 is 2.63 bits per heavy atom. The van der Waals surface area contributed by atoms with Crippen LogP contribution >= 0.6 is 15.9 Å². The van der Waals surface area contributed by atoms with E-state index < -0.39 is 4.92 Å². The lowest BCUT2D eigenvalue weighted by atomic mass is 10.2. The molecule has 0 bridgehead atoms. The van der Waals surface area contributed by atoms with Gasteiger partial charge in [-0.05, 0) is 23.8 Å². The van der Waals surface area contributed by atoms with Gasteiger partial charge in [-0.2, -0.15) is 0 Å². The van der Waals surface area contributed by atoms with Gasteiger partial charge in [0.2, 0.25) is 0 Å². The van der Waals surface area contributed by atoms with E-state index in [-0.39, 0.29) is 11.7 Å². The Bertz CT molecular complexity index is 459. The van der Waals surface area contributed by atoms with E-state index in [0.717, 1.165) is 24.6 Å². The Kier molecular flexibility index (Phi) is 6.01. The van der Waals surface area contributed by atoms with Gasteiger partial charge in [0, 0.05) is 25.0 Å². The third-order valence-electron chi connectivity index (χ3n) is 2.98. The minimum atomic E-state index is -0.493. The van der Waals surface area contributed by atoms with Gasteiger partial charge >= 0.3 is 5.82 Å². The molecule has 7 heteroatoms. The average molecular weight is 332 g/mol. The first-order valence-electron chi connectivity index (χ1n) is 6.10. The normalized spacial score (nSPS) is 10.5. The van der Waals surface area contributed by atoms with Crippen molar-refractivity contribution in [1.82, 2.24) is 9.47 Å². The third-order valence-corrected chi connectivity index (χ3v) is 3.54. The molecule has 0 saturated heterocycles. The van der Waals surface area contributed by atoms with Crippen LogP contribution in [-0.2, 0) is 7.05 Å². The van der Waals surface area contributed by atoms with Crippen molar-refractivity contribution in [2.45, 2.75) is 19.3 Å². The van der Waals surface area contributed by atoms with Crippen LogP contribution in [0.15, 0.2) is 12.1 Å². The van der Waals surface area contributed by atoms with Crippen LogP contribution in [0.25, 0.3) is 0 Å². The van der Waals surface area contributed by atoms with Crippen LogP contribution in [0, 0.1) is 10.1 Å². The fraction of sp³-hybridized carbons (Fsp3) is 0.583. The number of carbonyl (C=O) groups excluding carboxylic acids is 1. The maximum Gasteiger partial charge on any atom is 0.323 e. The molecular formula is C12H18BrN3O3. The highest BCUT2D eigenvalue weighted by Crippen LogP contribution is 2.16. The predicted octanol–water partition coefficient (Wildman–Crippen LogP) is 2.57. The summed E-state index contributed by atoms with van der Waals surface area (Å²) >= 11 is 3.36. The molecule has 0 aliphatic carbocycles. The maximum atomic E-state index is 12.1. The molecule has 19 heavy (non-hydrogen) atoms. The fourth-order valence-electron chi connectivity index (χ4n) is 1.82. The van der Waals surface area contributed by atoms with Crippen LogP contribution in [0.5, 0.6) is 0 Å². The summed E-state index contributed by atoms with van der Waals surface area (Å²) in [6.45, 7) is 0.658. The van der Waals surface area contributed by atoms with Gasteiger partial charge < -0.3 is 15.0 Å². The highest BCUT2D eigenvalue weighted by Gasteiger charge is 2.22. The van der Waals surface area contributed by atoms with Gasteiger partial charge in [0.05, 0.1) is 7.05 Å². The second-order valence-corrected chi connectivity index (χ2v) is 5.16. The minimum Gasteiger partial charge on any atom is -0.358 e. The van der Waals surface area contributed by atoms with Gasteiger partial charge in [0.25, 0.3) is 5.91 Å². The lowest BCUT2D eigenvalue weighted by Gasteiger charge is -2.15. The van der Waals surface area contributed by atoms with Crippen molar-refractivity contribution in [2.24, 2.45) is 7.05 Å². The van der Waals surface area contributed by atoms with Crippen LogP contribution in [-0.4, -0.2) is 39.2 Å². The van der Waals surface area contributed by atoms with Gasteiger partial charge in [-0.15, -0.1) is 0 Å². The molecule has 6 nitrogen and oxygen atoms in total. The molecule has 0 spiro atoms. The molecule has 1 aromatic heterocycles. The smallest absolute Gasteiger partial charge is 0.323 e. The van der Waals surface area contributed by atoms with Gasteiger partial charge in [-0.1, -0.05) is 22.4 Å². The number of nitrogens with zero attached hydrogens (tertiary/aromatic N) is 3. The first-order valence-corrected chi connectivity index (χ1v) is 7.22. The van der Waals surface area contributed by atoms with E-state index in [1.165, 1.54) is 23.7 Å². The standard InChI is InChI=1S/C12H18BrN3O3/c1-14(9-5-3-4-8-13)12(17)10-6-7-11(15(10)2)16(18)19/h6-7H,3-5,8-9H2,1-2H3. The highest BCUT2D eigenvalue weighted by atomic mass is 79.9. The molecule has 0 unspecified atom stereocenters. The quantitative estimate of drug-likeness (QED) is 0.333. The largest absolute Gasteiger partial charge is 0.358 e. The monoisotopic (exact) mass is 331 g/mol. The number of amides is 1. The molecule has 0 aliphatic rings. The third kappa shape index (κ3) is 4.05. The summed E-state index contributed by atoms with van der Waals surface area (Å²) in [4.78, 5) is 24.0.